The molecule has 0 unspecified atom stereocenters. The maximum atomic E-state index is 6.05. The zero-order valence-corrected chi connectivity index (χ0v) is 15.6. The summed E-state index contributed by atoms with van der Waals surface area (Å²) in [4.78, 5) is 9.36. The van der Waals surface area contributed by atoms with Gasteiger partial charge in [-0.3, -0.25) is 4.99 Å². The van der Waals surface area contributed by atoms with E-state index in [0.717, 1.165) is 32.0 Å². The van der Waals surface area contributed by atoms with E-state index < -0.39 is 0 Å². The maximum Gasteiger partial charge on any atom is 0.191 e. The van der Waals surface area contributed by atoms with Crippen LogP contribution in [0.5, 0.6) is 0 Å². The highest BCUT2D eigenvalue weighted by molar-refractivity contribution is 14.0. The summed E-state index contributed by atoms with van der Waals surface area (Å²) in [6, 6.07) is 0. The fraction of sp³-hybridized carbons (Fsp3) is 0.929. The van der Waals surface area contributed by atoms with Crippen molar-refractivity contribution in [1.29, 1.82) is 0 Å². The summed E-state index contributed by atoms with van der Waals surface area (Å²) in [5, 5.41) is 0. The fourth-order valence-electron chi connectivity index (χ4n) is 2.74. The molecule has 0 bridgehead atoms. The number of aliphatic imine (C=N–C) groups is 1. The number of likely N-dealkylation sites (tertiary alicyclic amines) is 1. The highest BCUT2D eigenvalue weighted by Crippen LogP contribution is 2.10. The zero-order valence-electron chi connectivity index (χ0n) is 12.4. The standard InChI is InChI=1S/C14H28N4S.HI/c15-14(18-10-12-19-13-11-18)16-6-5-9-17-7-3-1-2-4-8-17;/h1-13H2,(H2,15,16);1H. The molecule has 0 radical (unpaired) electrons. The number of halogens is 1. The fourth-order valence-corrected chi connectivity index (χ4v) is 3.64. The van der Waals surface area contributed by atoms with Gasteiger partial charge in [-0.2, -0.15) is 11.8 Å². The molecule has 2 N–H and O–H groups in total. The van der Waals surface area contributed by atoms with E-state index in [1.54, 1.807) is 0 Å². The second-order valence-electron chi connectivity index (χ2n) is 5.45. The van der Waals surface area contributed by atoms with Gasteiger partial charge in [0.1, 0.15) is 0 Å². The smallest absolute Gasteiger partial charge is 0.191 e. The van der Waals surface area contributed by atoms with E-state index in [2.05, 4.69) is 14.8 Å². The van der Waals surface area contributed by atoms with Crippen molar-refractivity contribution in [2.45, 2.75) is 32.1 Å². The van der Waals surface area contributed by atoms with Crippen molar-refractivity contribution in [2.24, 2.45) is 10.7 Å². The molecule has 2 heterocycles. The molecule has 0 aliphatic carbocycles. The van der Waals surface area contributed by atoms with Crippen LogP contribution in [0.2, 0.25) is 0 Å². The summed E-state index contributed by atoms with van der Waals surface area (Å²) < 4.78 is 0. The van der Waals surface area contributed by atoms with E-state index in [1.165, 1.54) is 56.8 Å². The van der Waals surface area contributed by atoms with Crippen LogP contribution in [0.15, 0.2) is 4.99 Å². The Hall–Kier alpha value is 0.310. The Morgan fingerprint density at radius 2 is 1.65 bits per heavy atom. The van der Waals surface area contributed by atoms with Crippen LogP contribution in [-0.2, 0) is 0 Å². The third-order valence-corrected chi connectivity index (χ3v) is 4.88. The lowest BCUT2D eigenvalue weighted by Crippen LogP contribution is -2.42. The highest BCUT2D eigenvalue weighted by Gasteiger charge is 2.12. The van der Waals surface area contributed by atoms with Gasteiger partial charge in [0.25, 0.3) is 0 Å². The highest BCUT2D eigenvalue weighted by atomic mass is 127. The van der Waals surface area contributed by atoms with Crippen LogP contribution >= 0.6 is 35.7 Å². The van der Waals surface area contributed by atoms with Gasteiger partial charge < -0.3 is 15.5 Å². The summed E-state index contributed by atoms with van der Waals surface area (Å²) in [7, 11) is 0. The van der Waals surface area contributed by atoms with E-state index >= 15 is 0 Å². The van der Waals surface area contributed by atoms with Crippen LogP contribution in [0.25, 0.3) is 0 Å². The molecule has 0 spiro atoms. The molecule has 0 saturated carbocycles. The SMILES string of the molecule is I.NC(=NCCCN1CCCCCC1)N1CCSCC1. The number of rotatable bonds is 4. The van der Waals surface area contributed by atoms with Gasteiger partial charge in [-0.05, 0) is 38.9 Å². The lowest BCUT2D eigenvalue weighted by atomic mass is 10.2. The molecule has 0 aromatic carbocycles. The van der Waals surface area contributed by atoms with Crippen LogP contribution in [0.3, 0.4) is 0 Å². The second-order valence-corrected chi connectivity index (χ2v) is 6.67. The van der Waals surface area contributed by atoms with Gasteiger partial charge in [-0.25, -0.2) is 0 Å². The van der Waals surface area contributed by atoms with E-state index in [4.69, 9.17) is 5.73 Å². The van der Waals surface area contributed by atoms with E-state index in [-0.39, 0.29) is 24.0 Å². The molecule has 0 aromatic heterocycles. The summed E-state index contributed by atoms with van der Waals surface area (Å²) in [6.45, 7) is 6.75. The topological polar surface area (TPSA) is 44.9 Å². The first-order valence-corrected chi connectivity index (χ1v) is 8.87. The monoisotopic (exact) mass is 412 g/mol. The number of guanidine groups is 1. The molecular formula is C14H29IN4S. The van der Waals surface area contributed by atoms with Gasteiger partial charge in [0.05, 0.1) is 0 Å². The number of thioether (sulfide) groups is 1. The lowest BCUT2D eigenvalue weighted by molar-refractivity contribution is 0.283. The molecule has 6 heteroatoms. The summed E-state index contributed by atoms with van der Waals surface area (Å²) >= 11 is 2.01. The number of nitrogens with two attached hydrogens (primary N) is 1. The third kappa shape index (κ3) is 6.85. The number of hydrogen-bond acceptors (Lipinski definition) is 3. The average molecular weight is 412 g/mol. The Balaban J connectivity index is 0.00000200. The van der Waals surface area contributed by atoms with Crippen LogP contribution < -0.4 is 5.73 Å². The molecule has 2 saturated heterocycles. The predicted molar refractivity (Wildman–Crippen MR) is 100 cm³/mol. The molecule has 2 aliphatic heterocycles. The minimum Gasteiger partial charge on any atom is -0.370 e. The number of nitrogens with zero attached hydrogens (tertiary/aromatic N) is 3. The third-order valence-electron chi connectivity index (χ3n) is 3.94. The normalized spacial score (nSPS) is 22.2. The average Bonchev–Trinajstić information content (AvgIpc) is 2.73. The summed E-state index contributed by atoms with van der Waals surface area (Å²) in [5.41, 5.74) is 6.05. The van der Waals surface area contributed by atoms with Crippen molar-refractivity contribution in [3.05, 3.63) is 0 Å². The lowest BCUT2D eigenvalue weighted by Gasteiger charge is -2.27. The Bertz CT molecular complexity index is 274. The van der Waals surface area contributed by atoms with Crippen molar-refractivity contribution >= 4 is 41.7 Å². The van der Waals surface area contributed by atoms with Crippen LogP contribution in [-0.4, -0.2) is 66.5 Å². The first-order valence-electron chi connectivity index (χ1n) is 7.71. The summed E-state index contributed by atoms with van der Waals surface area (Å²) in [6.07, 6.45) is 6.71. The van der Waals surface area contributed by atoms with Gasteiger partial charge >= 0.3 is 0 Å². The Morgan fingerprint density at radius 3 is 2.30 bits per heavy atom. The molecule has 2 aliphatic rings. The van der Waals surface area contributed by atoms with Gasteiger partial charge in [-0.1, -0.05) is 12.8 Å². The van der Waals surface area contributed by atoms with Gasteiger partial charge in [0, 0.05) is 31.1 Å². The Morgan fingerprint density at radius 1 is 1.00 bits per heavy atom. The molecule has 0 amide bonds. The molecule has 2 fully saturated rings. The molecule has 0 atom stereocenters. The first kappa shape index (κ1) is 18.4. The Labute approximate surface area is 144 Å². The Kier molecular flexibility index (Phi) is 10.1. The van der Waals surface area contributed by atoms with Crippen LogP contribution in [0.4, 0.5) is 0 Å². The molecule has 0 aromatic rings. The molecular weight excluding hydrogens is 383 g/mol. The van der Waals surface area contributed by atoms with E-state index in [1.807, 2.05) is 11.8 Å². The van der Waals surface area contributed by atoms with E-state index in [9.17, 15) is 0 Å². The predicted octanol–water partition coefficient (Wildman–Crippen LogP) is 2.23. The number of hydrogen-bond donors (Lipinski definition) is 1. The van der Waals surface area contributed by atoms with Crippen molar-refractivity contribution in [3.8, 4) is 0 Å². The van der Waals surface area contributed by atoms with Crippen LogP contribution in [0.1, 0.15) is 32.1 Å². The van der Waals surface area contributed by atoms with Gasteiger partial charge in [0.2, 0.25) is 0 Å². The van der Waals surface area contributed by atoms with Gasteiger partial charge in [-0.15, -0.1) is 24.0 Å². The second kappa shape index (κ2) is 11.0. The van der Waals surface area contributed by atoms with Crippen molar-refractivity contribution in [1.82, 2.24) is 9.80 Å². The van der Waals surface area contributed by atoms with Crippen molar-refractivity contribution < 1.29 is 0 Å². The maximum absolute atomic E-state index is 6.05. The molecule has 2 rings (SSSR count). The van der Waals surface area contributed by atoms with Crippen molar-refractivity contribution in [3.63, 3.8) is 0 Å². The molecule has 118 valence electrons. The zero-order chi connectivity index (χ0) is 13.3. The van der Waals surface area contributed by atoms with Crippen molar-refractivity contribution in [2.75, 3.05) is 50.8 Å². The minimum atomic E-state index is 0. The van der Waals surface area contributed by atoms with Crippen LogP contribution in [0, 0.1) is 0 Å². The van der Waals surface area contributed by atoms with E-state index in [0.29, 0.717) is 0 Å². The molecule has 4 nitrogen and oxygen atoms in total. The first-order chi connectivity index (χ1) is 9.36. The quantitative estimate of drug-likeness (QED) is 0.333. The largest absolute Gasteiger partial charge is 0.370 e. The summed E-state index contributed by atoms with van der Waals surface area (Å²) in [5.74, 6) is 3.13. The van der Waals surface area contributed by atoms with Gasteiger partial charge in [0.15, 0.2) is 5.96 Å². The molecule has 20 heavy (non-hydrogen) atoms. The minimum absolute atomic E-state index is 0.